The van der Waals surface area contributed by atoms with E-state index in [1.165, 1.54) is 19.2 Å². The number of methoxy groups -OCH3 is 1. The zero-order valence-electron chi connectivity index (χ0n) is 10.0. The Morgan fingerprint density at radius 1 is 1.22 bits per heavy atom. The van der Waals surface area contributed by atoms with E-state index in [0.29, 0.717) is 6.54 Å². The van der Waals surface area contributed by atoms with E-state index in [1.807, 2.05) is 0 Å². The average Bonchev–Trinajstić information content (AvgIpc) is 2.38. The fraction of sp³-hybridized carbons (Fsp3) is 0.333. The molecule has 0 aliphatic heterocycles. The number of benzene rings is 1. The molecule has 0 unspecified atom stereocenters. The third kappa shape index (κ3) is 5.29. The molecule has 5 nitrogen and oxygen atoms in total. The molecule has 0 spiro atoms. The Morgan fingerprint density at radius 3 is 2.50 bits per heavy atom. The van der Waals surface area contributed by atoms with Gasteiger partial charge in [-0.05, 0) is 17.7 Å². The van der Waals surface area contributed by atoms with Crippen LogP contribution < -0.4 is 10.6 Å². The second-order valence-electron chi connectivity index (χ2n) is 3.56. The summed E-state index contributed by atoms with van der Waals surface area (Å²) in [6.07, 6.45) is 0.125. The molecule has 2 N–H and O–H groups in total. The smallest absolute Gasteiger partial charge is 0.315 e. The zero-order valence-corrected chi connectivity index (χ0v) is 10.0. The van der Waals surface area contributed by atoms with Crippen molar-refractivity contribution >= 4 is 12.0 Å². The molecule has 1 rings (SSSR count). The second kappa shape index (κ2) is 7.26. The maximum absolute atomic E-state index is 12.6. The van der Waals surface area contributed by atoms with Gasteiger partial charge in [-0.25, -0.2) is 9.18 Å². The van der Waals surface area contributed by atoms with Crippen molar-refractivity contribution in [3.8, 4) is 0 Å². The molecule has 0 aliphatic carbocycles. The van der Waals surface area contributed by atoms with Crippen molar-refractivity contribution in [2.45, 2.75) is 13.0 Å². The number of rotatable bonds is 5. The number of hydrogen-bond acceptors (Lipinski definition) is 3. The Bertz CT molecular complexity index is 406. The number of carbonyl (C=O) groups excluding carboxylic acids is 2. The fourth-order valence-electron chi connectivity index (χ4n) is 1.23. The van der Waals surface area contributed by atoms with Gasteiger partial charge in [-0.15, -0.1) is 0 Å². The highest BCUT2D eigenvalue weighted by Gasteiger charge is 2.03. The van der Waals surface area contributed by atoms with Crippen LogP contribution in [-0.2, 0) is 16.1 Å². The van der Waals surface area contributed by atoms with Crippen molar-refractivity contribution in [1.29, 1.82) is 0 Å². The minimum absolute atomic E-state index is 0.125. The fourth-order valence-corrected chi connectivity index (χ4v) is 1.23. The lowest BCUT2D eigenvalue weighted by molar-refractivity contribution is -0.140. The molecule has 0 heterocycles. The van der Waals surface area contributed by atoms with Crippen LogP contribution in [0.1, 0.15) is 12.0 Å². The zero-order chi connectivity index (χ0) is 13.4. The van der Waals surface area contributed by atoms with Gasteiger partial charge in [-0.2, -0.15) is 0 Å². The van der Waals surface area contributed by atoms with Gasteiger partial charge in [0.25, 0.3) is 0 Å². The molecule has 0 fully saturated rings. The molecule has 0 saturated carbocycles. The molecule has 98 valence electrons. The van der Waals surface area contributed by atoms with Gasteiger partial charge in [0.15, 0.2) is 0 Å². The van der Waals surface area contributed by atoms with Crippen LogP contribution in [0.3, 0.4) is 0 Å². The molecule has 0 aromatic heterocycles. The Balaban J connectivity index is 2.21. The number of nitrogens with one attached hydrogen (secondary N) is 2. The quantitative estimate of drug-likeness (QED) is 0.775. The van der Waals surface area contributed by atoms with Crippen LogP contribution >= 0.6 is 0 Å². The van der Waals surface area contributed by atoms with Crippen LogP contribution in [0.2, 0.25) is 0 Å². The summed E-state index contributed by atoms with van der Waals surface area (Å²) in [5, 5.41) is 5.09. The van der Waals surface area contributed by atoms with Gasteiger partial charge >= 0.3 is 12.0 Å². The van der Waals surface area contributed by atoms with Gasteiger partial charge < -0.3 is 15.4 Å². The summed E-state index contributed by atoms with van der Waals surface area (Å²) in [5.41, 5.74) is 0.791. The molecule has 0 radical (unpaired) electrons. The SMILES string of the molecule is COC(=O)CCNC(=O)NCc1ccc(F)cc1. The molecule has 6 heteroatoms. The van der Waals surface area contributed by atoms with E-state index in [9.17, 15) is 14.0 Å². The first-order chi connectivity index (χ1) is 8.61. The molecule has 0 bridgehead atoms. The molecular weight excluding hydrogens is 239 g/mol. The summed E-state index contributed by atoms with van der Waals surface area (Å²) >= 11 is 0. The third-order valence-electron chi connectivity index (χ3n) is 2.21. The second-order valence-corrected chi connectivity index (χ2v) is 3.56. The van der Waals surface area contributed by atoms with E-state index < -0.39 is 0 Å². The number of halogens is 1. The lowest BCUT2D eigenvalue weighted by atomic mass is 10.2. The Kier molecular flexibility index (Phi) is 5.63. The molecule has 0 atom stereocenters. The Hall–Kier alpha value is -2.11. The van der Waals surface area contributed by atoms with Gasteiger partial charge in [-0.3, -0.25) is 4.79 Å². The molecule has 2 amide bonds. The highest BCUT2D eigenvalue weighted by atomic mass is 19.1. The van der Waals surface area contributed by atoms with E-state index in [1.54, 1.807) is 12.1 Å². The van der Waals surface area contributed by atoms with Crippen molar-refractivity contribution in [3.63, 3.8) is 0 Å². The number of urea groups is 1. The van der Waals surface area contributed by atoms with Gasteiger partial charge in [0.1, 0.15) is 5.82 Å². The van der Waals surface area contributed by atoms with Crippen LogP contribution in [0.15, 0.2) is 24.3 Å². The monoisotopic (exact) mass is 254 g/mol. The van der Waals surface area contributed by atoms with Crippen molar-refractivity contribution in [2.24, 2.45) is 0 Å². The van der Waals surface area contributed by atoms with Crippen LogP contribution in [0.25, 0.3) is 0 Å². The summed E-state index contributed by atoms with van der Waals surface area (Å²) < 4.78 is 17.0. The number of carbonyl (C=O) groups is 2. The lowest BCUT2D eigenvalue weighted by Crippen LogP contribution is -2.36. The Labute approximate surface area is 104 Å². The van der Waals surface area contributed by atoms with Crippen LogP contribution in [-0.4, -0.2) is 25.7 Å². The van der Waals surface area contributed by atoms with Crippen molar-refractivity contribution in [3.05, 3.63) is 35.6 Å². The molecule has 1 aromatic carbocycles. The van der Waals surface area contributed by atoms with Crippen molar-refractivity contribution < 1.29 is 18.7 Å². The summed E-state index contributed by atoms with van der Waals surface area (Å²) in [7, 11) is 1.29. The van der Waals surface area contributed by atoms with Crippen molar-refractivity contribution in [1.82, 2.24) is 10.6 Å². The van der Waals surface area contributed by atoms with E-state index in [4.69, 9.17) is 0 Å². The maximum atomic E-state index is 12.6. The van der Waals surface area contributed by atoms with E-state index in [-0.39, 0.29) is 30.8 Å². The Morgan fingerprint density at radius 2 is 1.89 bits per heavy atom. The van der Waals surface area contributed by atoms with Gasteiger partial charge in [0.05, 0.1) is 13.5 Å². The van der Waals surface area contributed by atoms with Gasteiger partial charge in [-0.1, -0.05) is 12.1 Å². The van der Waals surface area contributed by atoms with Crippen LogP contribution in [0.5, 0.6) is 0 Å². The number of esters is 1. The maximum Gasteiger partial charge on any atom is 0.315 e. The summed E-state index contributed by atoms with van der Waals surface area (Å²) in [6, 6.07) is 5.44. The molecule has 18 heavy (non-hydrogen) atoms. The first-order valence-electron chi connectivity index (χ1n) is 5.45. The van der Waals surface area contributed by atoms with E-state index in [0.717, 1.165) is 5.56 Å². The average molecular weight is 254 g/mol. The first-order valence-corrected chi connectivity index (χ1v) is 5.45. The highest BCUT2D eigenvalue weighted by molar-refractivity contribution is 5.75. The standard InChI is InChI=1S/C12H15FN2O3/c1-18-11(16)6-7-14-12(17)15-8-9-2-4-10(13)5-3-9/h2-5H,6-8H2,1H3,(H2,14,15,17). The summed E-state index contributed by atoms with van der Waals surface area (Å²) in [4.78, 5) is 22.1. The normalized spacial score (nSPS) is 9.67. The van der Waals surface area contributed by atoms with E-state index >= 15 is 0 Å². The number of hydrogen-bond donors (Lipinski definition) is 2. The van der Waals surface area contributed by atoms with E-state index in [2.05, 4.69) is 15.4 Å². The molecule has 0 saturated heterocycles. The third-order valence-corrected chi connectivity index (χ3v) is 2.21. The van der Waals surface area contributed by atoms with Crippen LogP contribution in [0, 0.1) is 5.82 Å². The van der Waals surface area contributed by atoms with Crippen molar-refractivity contribution in [2.75, 3.05) is 13.7 Å². The summed E-state index contributed by atoms with van der Waals surface area (Å²) in [6.45, 7) is 0.506. The minimum Gasteiger partial charge on any atom is -0.469 e. The van der Waals surface area contributed by atoms with Crippen LogP contribution in [0.4, 0.5) is 9.18 Å². The largest absolute Gasteiger partial charge is 0.469 e. The lowest BCUT2D eigenvalue weighted by Gasteiger charge is -2.07. The topological polar surface area (TPSA) is 67.4 Å². The number of ether oxygens (including phenoxy) is 1. The molecule has 0 aliphatic rings. The summed E-state index contributed by atoms with van der Waals surface area (Å²) in [5.74, 6) is -0.699. The first kappa shape index (κ1) is 14.0. The number of amides is 2. The van der Waals surface area contributed by atoms with Gasteiger partial charge in [0.2, 0.25) is 0 Å². The minimum atomic E-state index is -0.386. The highest BCUT2D eigenvalue weighted by Crippen LogP contribution is 2.01. The molecular formula is C12H15FN2O3. The predicted molar refractivity (Wildman–Crippen MR) is 63.3 cm³/mol. The molecule has 1 aromatic rings. The predicted octanol–water partition coefficient (Wildman–Crippen LogP) is 1.19. The van der Waals surface area contributed by atoms with Gasteiger partial charge in [0, 0.05) is 13.1 Å².